The fraction of sp³-hybridized carbons (Fsp3) is 0.550. The molecule has 2 aliphatic heterocycles. The van der Waals surface area contributed by atoms with Crippen LogP contribution in [0.5, 0.6) is 0 Å². The number of halogens is 1. The molecule has 158 valence electrons. The van der Waals surface area contributed by atoms with Crippen molar-refractivity contribution in [3.63, 3.8) is 0 Å². The molecule has 8 nitrogen and oxygen atoms in total. The molecular weight excluding hydrogens is 481 g/mol. The van der Waals surface area contributed by atoms with E-state index in [9.17, 15) is 0 Å². The maximum atomic E-state index is 5.51. The van der Waals surface area contributed by atoms with Crippen LogP contribution in [0.25, 0.3) is 5.69 Å². The molecule has 1 atom stereocenters. The highest BCUT2D eigenvalue weighted by molar-refractivity contribution is 14.0. The first-order valence-corrected chi connectivity index (χ1v) is 10.0. The number of nitrogens with one attached hydrogen (secondary N) is 1. The average Bonchev–Trinajstić information content (AvgIpc) is 3.42. The van der Waals surface area contributed by atoms with Crippen LogP contribution >= 0.6 is 24.0 Å². The van der Waals surface area contributed by atoms with Crippen LogP contribution in [0.15, 0.2) is 41.7 Å². The Hall–Kier alpha value is -1.72. The molecule has 29 heavy (non-hydrogen) atoms. The molecule has 0 radical (unpaired) electrons. The molecule has 0 spiro atoms. The Balaban J connectivity index is 0.00000240. The van der Waals surface area contributed by atoms with Crippen molar-refractivity contribution in [3.05, 3.63) is 42.5 Å². The summed E-state index contributed by atoms with van der Waals surface area (Å²) in [7, 11) is 1.84. The van der Waals surface area contributed by atoms with Crippen molar-refractivity contribution in [2.75, 3.05) is 53.0 Å². The molecule has 2 saturated heterocycles. The van der Waals surface area contributed by atoms with Crippen LogP contribution in [0.1, 0.15) is 12.2 Å². The van der Waals surface area contributed by atoms with E-state index in [4.69, 9.17) is 4.74 Å². The lowest BCUT2D eigenvalue weighted by Gasteiger charge is -2.37. The molecule has 0 amide bonds. The van der Waals surface area contributed by atoms with Gasteiger partial charge in [-0.2, -0.15) is 0 Å². The van der Waals surface area contributed by atoms with E-state index in [1.54, 1.807) is 6.33 Å². The minimum Gasteiger partial charge on any atom is -0.381 e. The predicted octanol–water partition coefficient (Wildman–Crippen LogP) is 1.61. The summed E-state index contributed by atoms with van der Waals surface area (Å²) in [6.45, 7) is 7.69. The zero-order valence-electron chi connectivity index (χ0n) is 16.9. The lowest BCUT2D eigenvalue weighted by Crippen LogP contribution is -2.53. The van der Waals surface area contributed by atoms with Gasteiger partial charge < -0.3 is 15.0 Å². The first-order valence-electron chi connectivity index (χ1n) is 10.0. The van der Waals surface area contributed by atoms with Crippen LogP contribution in [-0.2, 0) is 11.3 Å². The van der Waals surface area contributed by atoms with E-state index in [0.717, 1.165) is 63.4 Å². The fourth-order valence-corrected chi connectivity index (χ4v) is 3.91. The van der Waals surface area contributed by atoms with Gasteiger partial charge in [0.15, 0.2) is 11.8 Å². The summed E-state index contributed by atoms with van der Waals surface area (Å²) < 4.78 is 7.51. The molecule has 9 heteroatoms. The molecular formula is C20H30IN7O. The third-order valence-electron chi connectivity index (χ3n) is 5.48. The number of ether oxygens (including phenoxy) is 1. The number of rotatable bonds is 5. The summed E-state index contributed by atoms with van der Waals surface area (Å²) in [6.07, 6.45) is 2.95. The van der Waals surface area contributed by atoms with Crippen LogP contribution in [-0.4, -0.2) is 83.5 Å². The Morgan fingerprint density at radius 3 is 2.69 bits per heavy atom. The average molecular weight is 511 g/mol. The SMILES string of the molecule is CN=C(NCc1nncn1-c1ccccc1)N1CCN(CC2CCOC2)CC1.I. The zero-order valence-corrected chi connectivity index (χ0v) is 19.2. The predicted molar refractivity (Wildman–Crippen MR) is 124 cm³/mol. The smallest absolute Gasteiger partial charge is 0.194 e. The van der Waals surface area contributed by atoms with E-state index in [0.29, 0.717) is 12.5 Å². The molecule has 1 aromatic heterocycles. The van der Waals surface area contributed by atoms with E-state index in [1.165, 1.54) is 6.42 Å². The molecule has 0 saturated carbocycles. The van der Waals surface area contributed by atoms with Crippen molar-refractivity contribution in [2.45, 2.75) is 13.0 Å². The quantitative estimate of drug-likeness (QED) is 0.374. The monoisotopic (exact) mass is 511 g/mol. The molecule has 4 rings (SSSR count). The maximum absolute atomic E-state index is 5.51. The van der Waals surface area contributed by atoms with Crippen molar-refractivity contribution in [1.82, 2.24) is 29.9 Å². The van der Waals surface area contributed by atoms with Crippen molar-refractivity contribution in [3.8, 4) is 5.69 Å². The minimum absolute atomic E-state index is 0. The van der Waals surface area contributed by atoms with Gasteiger partial charge >= 0.3 is 0 Å². The third kappa shape index (κ3) is 5.67. The van der Waals surface area contributed by atoms with Crippen molar-refractivity contribution in [1.29, 1.82) is 0 Å². The van der Waals surface area contributed by atoms with Gasteiger partial charge in [0.1, 0.15) is 6.33 Å². The van der Waals surface area contributed by atoms with Crippen molar-refractivity contribution < 1.29 is 4.74 Å². The van der Waals surface area contributed by atoms with E-state index >= 15 is 0 Å². The number of para-hydroxylation sites is 1. The molecule has 1 N–H and O–H groups in total. The summed E-state index contributed by atoms with van der Waals surface area (Å²) in [5, 5.41) is 11.8. The van der Waals surface area contributed by atoms with Gasteiger partial charge in [0.25, 0.3) is 0 Å². The van der Waals surface area contributed by atoms with Gasteiger partial charge in [0, 0.05) is 52.1 Å². The number of benzene rings is 1. The lowest BCUT2D eigenvalue weighted by atomic mass is 10.1. The first-order chi connectivity index (χ1) is 13.8. The van der Waals surface area contributed by atoms with Gasteiger partial charge in [0.05, 0.1) is 13.2 Å². The van der Waals surface area contributed by atoms with Gasteiger partial charge in [-0.05, 0) is 24.5 Å². The van der Waals surface area contributed by atoms with Crippen LogP contribution in [0.2, 0.25) is 0 Å². The number of hydrogen-bond donors (Lipinski definition) is 1. The van der Waals surface area contributed by atoms with Crippen LogP contribution < -0.4 is 5.32 Å². The molecule has 2 aliphatic rings. The van der Waals surface area contributed by atoms with Gasteiger partial charge in [-0.3, -0.25) is 14.5 Å². The van der Waals surface area contributed by atoms with Gasteiger partial charge in [0.2, 0.25) is 0 Å². The molecule has 3 heterocycles. The standard InChI is InChI=1S/C20H29N7O.HI/c1-21-20(26-10-8-25(9-11-26)14-17-7-12-28-15-17)22-13-19-24-23-16-27(19)18-5-3-2-4-6-18;/h2-6,16-17H,7-15H2,1H3,(H,21,22);1H. The van der Waals surface area contributed by atoms with Crippen LogP contribution in [0.3, 0.4) is 0 Å². The van der Waals surface area contributed by atoms with Crippen LogP contribution in [0.4, 0.5) is 0 Å². The number of aromatic nitrogens is 3. The summed E-state index contributed by atoms with van der Waals surface area (Å²) >= 11 is 0. The van der Waals surface area contributed by atoms with Gasteiger partial charge in [-0.1, -0.05) is 18.2 Å². The summed E-state index contributed by atoms with van der Waals surface area (Å²) in [5.41, 5.74) is 1.06. The highest BCUT2D eigenvalue weighted by Crippen LogP contribution is 2.15. The van der Waals surface area contributed by atoms with Crippen molar-refractivity contribution in [2.24, 2.45) is 10.9 Å². The number of hydrogen-bond acceptors (Lipinski definition) is 5. The molecule has 0 aliphatic carbocycles. The Bertz CT molecular complexity index is 768. The van der Waals surface area contributed by atoms with E-state index in [-0.39, 0.29) is 24.0 Å². The second kappa shape index (κ2) is 10.9. The zero-order chi connectivity index (χ0) is 19.2. The van der Waals surface area contributed by atoms with Gasteiger partial charge in [-0.25, -0.2) is 0 Å². The van der Waals surface area contributed by atoms with Gasteiger partial charge in [-0.15, -0.1) is 34.2 Å². The molecule has 1 unspecified atom stereocenters. The maximum Gasteiger partial charge on any atom is 0.194 e. The summed E-state index contributed by atoms with van der Waals surface area (Å²) in [4.78, 5) is 9.35. The topological polar surface area (TPSA) is 70.8 Å². The largest absolute Gasteiger partial charge is 0.381 e. The number of aliphatic imine (C=N–C) groups is 1. The highest BCUT2D eigenvalue weighted by Gasteiger charge is 2.24. The Morgan fingerprint density at radius 2 is 2.00 bits per heavy atom. The summed E-state index contributed by atoms with van der Waals surface area (Å²) in [6, 6.07) is 10.1. The highest BCUT2D eigenvalue weighted by atomic mass is 127. The number of guanidine groups is 1. The van der Waals surface area contributed by atoms with Crippen molar-refractivity contribution >= 4 is 29.9 Å². The molecule has 2 fully saturated rings. The lowest BCUT2D eigenvalue weighted by molar-refractivity contribution is 0.139. The number of nitrogens with zero attached hydrogens (tertiary/aromatic N) is 6. The Kier molecular flexibility index (Phi) is 8.25. The Labute approximate surface area is 189 Å². The van der Waals surface area contributed by atoms with E-state index in [2.05, 4.69) is 42.4 Å². The fourth-order valence-electron chi connectivity index (χ4n) is 3.91. The van der Waals surface area contributed by atoms with Crippen LogP contribution in [0, 0.1) is 5.92 Å². The number of piperazine rings is 1. The summed E-state index contributed by atoms with van der Waals surface area (Å²) in [5.74, 6) is 2.49. The molecule has 1 aromatic carbocycles. The first kappa shape index (κ1) is 22.0. The normalized spacial score (nSPS) is 20.5. The molecule has 2 aromatic rings. The van der Waals surface area contributed by atoms with E-state index in [1.807, 2.05) is 29.8 Å². The second-order valence-corrected chi connectivity index (χ2v) is 7.37. The van der Waals surface area contributed by atoms with E-state index < -0.39 is 0 Å². The Morgan fingerprint density at radius 1 is 1.21 bits per heavy atom. The molecule has 0 bridgehead atoms. The second-order valence-electron chi connectivity index (χ2n) is 7.37. The third-order valence-corrected chi connectivity index (χ3v) is 5.48. The minimum atomic E-state index is 0.